The molecule has 0 amide bonds. The number of benzene rings is 4. The molecule has 0 bridgehead atoms. The molecule has 12 heteroatoms. The lowest BCUT2D eigenvalue weighted by atomic mass is 9.93. The topological polar surface area (TPSA) is 158 Å². The van der Waals surface area contributed by atoms with Gasteiger partial charge in [-0.1, -0.05) is 363 Å². The highest BCUT2D eigenvalue weighted by Gasteiger charge is 2.26. The smallest absolute Gasteiger partial charge is 0.311 e. The van der Waals surface area contributed by atoms with Crippen LogP contribution in [0.2, 0.25) is 0 Å². The first-order valence-electron chi connectivity index (χ1n) is 53.4. The molecule has 0 aliphatic rings. The molecule has 0 unspecified atom stereocenters. The largest absolute Gasteiger partial charge is 0.422 e. The molecule has 0 N–H and O–H groups in total. The van der Waals surface area contributed by atoms with E-state index in [1.807, 2.05) is 0 Å². The Balaban J connectivity index is 1.89. The zero-order chi connectivity index (χ0) is 97.3. The van der Waals surface area contributed by atoms with Crippen LogP contribution in [0.4, 0.5) is 0 Å². The maximum atomic E-state index is 14.5. The van der Waals surface area contributed by atoms with Crippen molar-refractivity contribution in [1.82, 2.24) is 0 Å². The molecule has 0 spiro atoms. The summed E-state index contributed by atoms with van der Waals surface area (Å²) in [5.41, 5.74) is 0. The lowest BCUT2D eigenvalue weighted by molar-refractivity contribution is -0.137. The van der Waals surface area contributed by atoms with Crippen LogP contribution in [0.3, 0.4) is 0 Å². The molecule has 136 heavy (non-hydrogen) atoms. The fourth-order valence-corrected chi connectivity index (χ4v) is 15.5. The average molecular weight is 1860 g/mol. The number of hydrogen-bond acceptors (Lipinski definition) is 12. The molecule has 4 aromatic carbocycles. The van der Waals surface area contributed by atoms with Crippen LogP contribution >= 0.6 is 0 Å². The van der Waals surface area contributed by atoms with Gasteiger partial charge < -0.3 is 28.4 Å². The molecular formula is C124H176O12. The Hall–Kier alpha value is -10.2. The number of carbonyl (C=O) groups excluding carboxylic acids is 6. The van der Waals surface area contributed by atoms with Crippen molar-refractivity contribution < 1.29 is 57.2 Å². The fraction of sp³-hybridized carbons (Fsp3) is 0.516. The molecule has 0 saturated carbocycles. The number of unbranched alkanes of at least 4 members (excludes halogenated alkanes) is 28. The number of rotatable bonds is 82. The molecule has 0 aliphatic heterocycles. The number of ether oxygens (including phenoxy) is 6. The Bertz CT molecular complexity index is 4400. The Labute approximate surface area is 823 Å². The SMILES string of the molecule is CC/C=C\C/C=C\C/C=C\CCCCCCCC(=O)Oc1cc2c(cc1OC(=O)CCCCC/C=C\C/C=C\C/C=C\CC)c1cc(OC(=O)CCCCCCC/C=C\C/C=C\C/C=C\CC)c(OC(=O)CCCCCCC/C=C\C/C=C\C/C=C\CC)cc1c1cc(OC(=O)CCCCCCC/C=C\C/C=C\C/C=C\CC)c(OC(=O)CCCCCCC/C=C\C/C=C\C/C=C\CC)cc21. The van der Waals surface area contributed by atoms with Crippen molar-refractivity contribution in [3.8, 4) is 34.5 Å². The number of hydrogen-bond donors (Lipinski definition) is 0. The molecule has 0 fully saturated rings. The van der Waals surface area contributed by atoms with E-state index in [-0.39, 0.29) is 73.0 Å². The summed E-state index contributed by atoms with van der Waals surface area (Å²) in [5, 5.41) is 2.94. The summed E-state index contributed by atoms with van der Waals surface area (Å²) in [4.78, 5) is 86.9. The van der Waals surface area contributed by atoms with Crippen LogP contribution in [-0.2, 0) is 28.8 Å². The minimum absolute atomic E-state index is 0.00682. The molecular weight excluding hydrogens is 1680 g/mol. The van der Waals surface area contributed by atoms with Crippen LogP contribution in [0, 0.1) is 0 Å². The van der Waals surface area contributed by atoms with Gasteiger partial charge in [-0.25, -0.2) is 0 Å². The van der Waals surface area contributed by atoms with E-state index in [0.29, 0.717) is 70.8 Å². The van der Waals surface area contributed by atoms with Crippen LogP contribution in [0.25, 0.3) is 32.3 Å². The number of allylic oxidation sites excluding steroid dienone is 36. The Morgan fingerprint density at radius 1 is 0.154 bits per heavy atom. The maximum Gasteiger partial charge on any atom is 0.311 e. The van der Waals surface area contributed by atoms with Crippen LogP contribution in [0.15, 0.2) is 255 Å². The van der Waals surface area contributed by atoms with Gasteiger partial charge in [0.2, 0.25) is 0 Å². The van der Waals surface area contributed by atoms with Gasteiger partial charge in [-0.05, 0) is 300 Å². The molecule has 4 aromatic rings. The van der Waals surface area contributed by atoms with E-state index in [1.165, 1.54) is 0 Å². The van der Waals surface area contributed by atoms with Gasteiger partial charge >= 0.3 is 35.8 Å². The van der Waals surface area contributed by atoms with Gasteiger partial charge in [0.05, 0.1) is 0 Å². The summed E-state index contributed by atoms with van der Waals surface area (Å²) in [6.45, 7) is 12.9. The monoisotopic (exact) mass is 1860 g/mol. The van der Waals surface area contributed by atoms with E-state index in [9.17, 15) is 28.8 Å². The van der Waals surface area contributed by atoms with E-state index in [1.54, 1.807) is 36.4 Å². The third-order valence-corrected chi connectivity index (χ3v) is 23.2. The van der Waals surface area contributed by atoms with Crippen LogP contribution in [0.1, 0.15) is 414 Å². The molecule has 0 heterocycles. The lowest BCUT2D eigenvalue weighted by Gasteiger charge is -2.19. The second kappa shape index (κ2) is 85.2. The van der Waals surface area contributed by atoms with Crippen molar-refractivity contribution in [3.05, 3.63) is 255 Å². The van der Waals surface area contributed by atoms with Gasteiger partial charge in [-0.3, -0.25) is 28.8 Å². The molecule has 0 atom stereocenters. The minimum atomic E-state index is -0.509. The Morgan fingerprint density at radius 2 is 0.265 bits per heavy atom. The fourth-order valence-electron chi connectivity index (χ4n) is 15.5. The van der Waals surface area contributed by atoms with E-state index in [2.05, 4.69) is 260 Å². The van der Waals surface area contributed by atoms with Crippen molar-refractivity contribution >= 4 is 68.1 Å². The van der Waals surface area contributed by atoms with Crippen molar-refractivity contribution in [2.24, 2.45) is 0 Å². The molecule has 0 saturated heterocycles. The molecule has 0 aromatic heterocycles. The number of esters is 6. The van der Waals surface area contributed by atoms with Crippen molar-refractivity contribution in [2.45, 2.75) is 414 Å². The summed E-state index contributed by atoms with van der Waals surface area (Å²) < 4.78 is 38.6. The standard InChI is InChI=1S/C124H176O12/c1-7-13-19-25-31-37-43-49-54-60-66-72-78-84-90-96-120(126)132-114-102-108-107(101-113(114)131-119(125)95-89-83-77-71-65-59-48-42-36-30-24-18-12-6)109-103-115(133-121(127)97-91-85-79-73-67-61-55-50-44-38-32-26-20-14-8-2)117(135-123(129)99-93-87-81-75-69-63-57-52-46-40-34-28-22-16-10-4)105-111(109)112-106-118(136-124(130)100-94-88-82-76-70-64-58-53-47-41-35-29-23-17-11-5)116(104-110(108)112)134-122(128)98-92-86-80-74-68-62-56-51-45-39-33-27-21-15-9-3/h13-24,31-42,49-59,65,101-106H,7-12,25-30,43-48,60-64,66-100H2,1-6H3/b19-13-,20-14-,21-15-,22-16-,23-17-,24-18-,37-31-,38-32-,39-33-,40-34-,41-35-,42-36-,54-49-,55-50-,56-51-,57-52-,58-53-,65-59-. The highest BCUT2D eigenvalue weighted by Crippen LogP contribution is 2.48. The first-order valence-corrected chi connectivity index (χ1v) is 53.4. The highest BCUT2D eigenvalue weighted by atomic mass is 16.6. The predicted molar refractivity (Wildman–Crippen MR) is 579 cm³/mol. The normalized spacial score (nSPS) is 12.7. The lowest BCUT2D eigenvalue weighted by Crippen LogP contribution is -2.13. The van der Waals surface area contributed by atoms with Crippen LogP contribution in [-0.4, -0.2) is 35.8 Å². The molecule has 12 nitrogen and oxygen atoms in total. The summed E-state index contributed by atoms with van der Waals surface area (Å²) in [6, 6.07) is 10.2. The summed E-state index contributed by atoms with van der Waals surface area (Å²) >= 11 is 0. The number of carbonyl (C=O) groups is 6. The minimum Gasteiger partial charge on any atom is -0.422 e. The van der Waals surface area contributed by atoms with Crippen molar-refractivity contribution in [1.29, 1.82) is 0 Å². The van der Waals surface area contributed by atoms with E-state index >= 15 is 0 Å². The van der Waals surface area contributed by atoms with Gasteiger partial charge in [0.25, 0.3) is 0 Å². The zero-order valence-corrected chi connectivity index (χ0v) is 85.2. The maximum absolute atomic E-state index is 14.5. The summed E-state index contributed by atoms with van der Waals surface area (Å²) in [5.74, 6) is -2.94. The van der Waals surface area contributed by atoms with Gasteiger partial charge in [0.15, 0.2) is 34.5 Å². The van der Waals surface area contributed by atoms with Gasteiger partial charge in [0.1, 0.15) is 0 Å². The molecule has 0 radical (unpaired) electrons. The quantitative estimate of drug-likeness (QED) is 0.0136. The van der Waals surface area contributed by atoms with Crippen LogP contribution in [0.5, 0.6) is 34.5 Å². The highest BCUT2D eigenvalue weighted by molar-refractivity contribution is 6.27. The third kappa shape index (κ3) is 61.8. The Morgan fingerprint density at radius 3 is 0.404 bits per heavy atom. The van der Waals surface area contributed by atoms with Gasteiger partial charge in [0, 0.05) is 38.5 Å². The van der Waals surface area contributed by atoms with Gasteiger partial charge in [-0.15, -0.1) is 0 Å². The van der Waals surface area contributed by atoms with E-state index < -0.39 is 35.8 Å². The second-order valence-corrected chi connectivity index (χ2v) is 35.3. The van der Waals surface area contributed by atoms with Crippen molar-refractivity contribution in [2.75, 3.05) is 0 Å². The summed E-state index contributed by atoms with van der Waals surface area (Å²) in [6.07, 6.45) is 127. The Kier molecular flexibility index (Phi) is 74.0. The van der Waals surface area contributed by atoms with E-state index in [0.717, 1.165) is 295 Å². The van der Waals surface area contributed by atoms with Crippen LogP contribution < -0.4 is 28.4 Å². The first kappa shape index (κ1) is 118. The predicted octanol–water partition coefficient (Wildman–Crippen LogP) is 37.3. The third-order valence-electron chi connectivity index (χ3n) is 23.2. The number of fused-ring (bicyclic) bond motifs is 6. The van der Waals surface area contributed by atoms with Gasteiger partial charge in [-0.2, -0.15) is 0 Å². The molecule has 744 valence electrons. The molecule has 0 aliphatic carbocycles. The first-order chi connectivity index (χ1) is 67.0. The zero-order valence-electron chi connectivity index (χ0n) is 85.2. The molecule has 4 rings (SSSR count). The van der Waals surface area contributed by atoms with E-state index in [4.69, 9.17) is 28.4 Å². The summed E-state index contributed by atoms with van der Waals surface area (Å²) in [7, 11) is 0. The van der Waals surface area contributed by atoms with Crippen molar-refractivity contribution in [3.63, 3.8) is 0 Å². The second-order valence-electron chi connectivity index (χ2n) is 35.3. The average Bonchev–Trinajstić information content (AvgIpc) is 0.722.